The molecule has 400 valence electrons. The van der Waals surface area contributed by atoms with Crippen LogP contribution in [-0.4, -0.2) is 122 Å². The topological polar surface area (TPSA) is 264 Å². The first-order valence-corrected chi connectivity index (χ1v) is 26.9. The van der Waals surface area contributed by atoms with Crippen LogP contribution < -0.4 is 39.2 Å². The number of likely N-dealkylation sites (N-methyl/N-ethyl adjacent to an activating group) is 1. The maximum absolute atomic E-state index is 14.7. The number of hydrogen-bond acceptors (Lipinski definition) is 19. The molecule has 22 heteroatoms. The quantitative estimate of drug-likeness (QED) is 0.0336. The summed E-state index contributed by atoms with van der Waals surface area (Å²) in [4.78, 5) is 42.7. The summed E-state index contributed by atoms with van der Waals surface area (Å²) in [5.41, 5.74) is 6.79. The second kappa shape index (κ2) is 20.5. The minimum atomic E-state index is -3.71. The molecule has 1 spiro atoms. The second-order valence-corrected chi connectivity index (χ2v) is 22.1. The van der Waals surface area contributed by atoms with E-state index in [1.165, 1.54) is 56.6 Å². The lowest BCUT2D eigenvalue weighted by Gasteiger charge is -2.62. The van der Waals surface area contributed by atoms with Crippen LogP contribution in [0.5, 0.6) is 40.2 Å². The summed E-state index contributed by atoms with van der Waals surface area (Å²) in [6, 6.07) is 17.7. The molecule has 7 atom stereocenters. The second-order valence-electron chi connectivity index (χ2n) is 19.3. The molecule has 0 aliphatic carbocycles. The van der Waals surface area contributed by atoms with E-state index in [4.69, 9.17) is 33.6 Å². The highest BCUT2D eigenvalue weighted by molar-refractivity contribution is 7.99. The number of piperazine rings is 1. The Hall–Kier alpha value is -7.05. The molecule has 4 bridgehead atoms. The zero-order valence-electron chi connectivity index (χ0n) is 42.3. The molecule has 5 aromatic rings. The summed E-state index contributed by atoms with van der Waals surface area (Å²) in [5, 5.41) is 46.6. The largest absolute Gasteiger partial charge is 0.504 e. The van der Waals surface area contributed by atoms with Crippen molar-refractivity contribution in [3.8, 4) is 40.2 Å². The molecule has 7 heterocycles. The minimum Gasteiger partial charge on any atom is -0.504 e. The van der Waals surface area contributed by atoms with E-state index in [0.717, 1.165) is 22.8 Å². The molecule has 7 aliphatic rings. The smallest absolute Gasteiger partial charge is 0.331 e. The first-order chi connectivity index (χ1) is 36.4. The number of para-hydroxylation sites is 1. The van der Waals surface area contributed by atoms with Crippen LogP contribution in [-0.2, 0) is 47.5 Å². The lowest BCUT2D eigenvalue weighted by Crippen LogP contribution is -2.70. The van der Waals surface area contributed by atoms with Crippen LogP contribution in [0, 0.1) is 13.8 Å². The van der Waals surface area contributed by atoms with Crippen LogP contribution in [0.15, 0.2) is 83.8 Å². The van der Waals surface area contributed by atoms with Crippen molar-refractivity contribution in [2.24, 2.45) is 0 Å². The average Bonchev–Trinajstić information content (AvgIpc) is 4.06. The van der Waals surface area contributed by atoms with Gasteiger partial charge in [-0.15, -0.1) is 11.8 Å². The zero-order valence-corrected chi connectivity index (χ0v) is 43.9. The van der Waals surface area contributed by atoms with E-state index in [1.54, 1.807) is 54.6 Å². The summed E-state index contributed by atoms with van der Waals surface area (Å²) < 4.78 is 63.0. The van der Waals surface area contributed by atoms with E-state index < -0.39 is 63.0 Å². The summed E-state index contributed by atoms with van der Waals surface area (Å²) >= 11 is 1.47. The van der Waals surface area contributed by atoms with Gasteiger partial charge < -0.3 is 43.7 Å². The molecule has 2 fully saturated rings. The number of nitrogens with one attached hydrogen (secondary N) is 3. The minimum absolute atomic E-state index is 0.0226. The number of aliphatic hydroxyl groups is 1. The van der Waals surface area contributed by atoms with Crippen molar-refractivity contribution in [2.45, 2.75) is 79.7 Å². The van der Waals surface area contributed by atoms with E-state index in [0.29, 0.717) is 81.5 Å². The number of sulfonamides is 1. The molecular formula is C54H57N5O15S2. The highest BCUT2D eigenvalue weighted by Gasteiger charge is 2.61. The monoisotopic (exact) mass is 1080 g/mol. The molecule has 0 saturated carbocycles. The third-order valence-corrected chi connectivity index (χ3v) is 17.9. The third-order valence-electron chi connectivity index (χ3n) is 15.0. The zero-order chi connectivity index (χ0) is 54.0. The van der Waals surface area contributed by atoms with Crippen molar-refractivity contribution in [1.82, 2.24) is 20.6 Å². The fraction of sp³-hybridized carbons (Fsp3) is 0.352. The van der Waals surface area contributed by atoms with E-state index in [1.807, 2.05) is 31.9 Å². The van der Waals surface area contributed by atoms with E-state index in [9.17, 15) is 38.1 Å². The van der Waals surface area contributed by atoms with Gasteiger partial charge >= 0.3 is 11.9 Å². The number of hydrogen-bond donors (Lipinski definition) is 7. The van der Waals surface area contributed by atoms with Crippen LogP contribution >= 0.6 is 11.8 Å². The van der Waals surface area contributed by atoms with Gasteiger partial charge in [-0.05, 0) is 104 Å². The normalized spacial score (nSPS) is 24.2. The first kappa shape index (κ1) is 52.4. The number of ether oxygens (including phenoxy) is 6. The van der Waals surface area contributed by atoms with Crippen LogP contribution in [0.1, 0.15) is 74.3 Å². The Morgan fingerprint density at radius 3 is 2.42 bits per heavy atom. The Kier molecular flexibility index (Phi) is 14.1. The predicted molar refractivity (Wildman–Crippen MR) is 277 cm³/mol. The number of anilines is 1. The predicted octanol–water partition coefficient (Wildman–Crippen LogP) is 5.42. The number of methoxy groups -OCH3 is 2. The lowest BCUT2D eigenvalue weighted by atomic mass is 9.73. The number of rotatable bonds is 8. The summed E-state index contributed by atoms with van der Waals surface area (Å²) in [6.07, 6.45) is 2.46. The number of thioether (sulfide) groups is 1. The molecule has 0 radical (unpaired) electrons. The van der Waals surface area contributed by atoms with E-state index >= 15 is 0 Å². The molecule has 76 heavy (non-hydrogen) atoms. The fourth-order valence-electron chi connectivity index (χ4n) is 11.7. The number of aromatic hydroxyl groups is 2. The number of aliphatic hydroxyl groups excluding tert-OH is 1. The SMILES string of the molecule is COc1cc2c(cc1O)CCN[C@]21CS[C@@H]2c3c(OC(C)=O)c(C)c4c(c3[C@H](COC1=O)N1[C@@H]2[C@H]2c3c(cc(C)c(OC)c3O)C[C@@H]([C@@H]1O)N2C)OCO4.O=C(/C=C/c1cccc(S(=O)(=O)Nc2ccccc2)c1)NO. The number of phenolic OH excluding ortho intramolecular Hbond substituents is 2. The Balaban J connectivity index is 0.000000251. The number of carbonyl (C=O) groups is 3. The fourth-order valence-corrected chi connectivity index (χ4v) is 14.5. The van der Waals surface area contributed by atoms with Gasteiger partial charge in [0.1, 0.15) is 18.6 Å². The first-order valence-electron chi connectivity index (χ1n) is 24.4. The van der Waals surface area contributed by atoms with Gasteiger partial charge in [0.25, 0.3) is 15.9 Å². The lowest BCUT2D eigenvalue weighted by molar-refractivity contribution is -0.186. The van der Waals surface area contributed by atoms with Crippen molar-refractivity contribution in [3.05, 3.63) is 129 Å². The average molecular weight is 1080 g/mol. The number of amides is 1. The number of hydroxylamine groups is 1. The van der Waals surface area contributed by atoms with Crippen molar-refractivity contribution < 1.29 is 71.7 Å². The number of nitrogens with zero attached hydrogens (tertiary/aromatic N) is 2. The van der Waals surface area contributed by atoms with E-state index in [-0.39, 0.29) is 47.3 Å². The Morgan fingerprint density at radius 2 is 1.70 bits per heavy atom. The van der Waals surface area contributed by atoms with Gasteiger partial charge in [-0.1, -0.05) is 36.4 Å². The van der Waals surface area contributed by atoms with Crippen LogP contribution in [0.2, 0.25) is 0 Å². The number of phenols is 2. The molecule has 2 saturated heterocycles. The summed E-state index contributed by atoms with van der Waals surface area (Å²) in [7, 11) is 1.24. The summed E-state index contributed by atoms with van der Waals surface area (Å²) in [5.74, 6) is 0.251. The van der Waals surface area contributed by atoms with Gasteiger partial charge in [-0.2, -0.15) is 0 Å². The highest BCUT2D eigenvalue weighted by atomic mass is 32.2. The molecule has 0 unspecified atom stereocenters. The standard InChI is InChI=1S/C39H43N3O11S.C15H14N2O4S/c1-16-9-20-10-22-37(46)42-23-13-50-38(47)39(21-12-25(48-5)24(44)11-19(21)7-8-40-39)14-54-36(30(42)29(41(22)4)26(20)31(45)32(16)49-6)28-27(23)35-34(51-15-52-35)17(2)33(28)53-18(3)43;18-15(16-19)10-9-12-5-4-8-14(11-12)22(20,21)17-13-6-2-1-3-7-13/h9,11-12,22-23,29-30,36-37,40,44-46H,7-8,10,13-15H2,1-6H3;1-11,17,19H,(H,16,18)/b;10-9+/t22-,23-,29+,30+,36+,37-,39+;/m0./s1. The maximum Gasteiger partial charge on any atom is 0.331 e. The van der Waals surface area contributed by atoms with Crippen molar-refractivity contribution in [3.63, 3.8) is 0 Å². The number of benzene rings is 5. The van der Waals surface area contributed by atoms with Gasteiger partial charge in [0.15, 0.2) is 40.0 Å². The molecule has 12 rings (SSSR count). The molecule has 1 amide bonds. The number of fused-ring (bicyclic) bond motifs is 9. The van der Waals surface area contributed by atoms with E-state index in [2.05, 4.69) is 14.9 Å². The Bertz CT molecular complexity index is 3300. The van der Waals surface area contributed by atoms with Crippen molar-refractivity contribution >= 4 is 51.4 Å². The van der Waals surface area contributed by atoms with Crippen molar-refractivity contribution in [2.75, 3.05) is 51.7 Å². The van der Waals surface area contributed by atoms with Crippen LogP contribution in [0.4, 0.5) is 5.69 Å². The van der Waals surface area contributed by atoms with Crippen LogP contribution in [0.3, 0.4) is 0 Å². The Labute approximate surface area is 442 Å². The third kappa shape index (κ3) is 8.89. The maximum atomic E-state index is 14.7. The van der Waals surface area contributed by atoms with Crippen molar-refractivity contribution in [1.29, 1.82) is 0 Å². The van der Waals surface area contributed by atoms with Gasteiger partial charge in [-0.3, -0.25) is 34.6 Å². The van der Waals surface area contributed by atoms with Gasteiger partial charge in [0.05, 0.1) is 42.5 Å². The molecular weight excluding hydrogens is 1020 g/mol. The molecule has 7 aliphatic heterocycles. The number of aryl methyl sites for hydroxylation is 1. The number of esters is 2. The molecule has 5 aromatic carbocycles. The number of carbonyl (C=O) groups excluding carboxylic acids is 3. The van der Waals surface area contributed by atoms with Gasteiger partial charge in [-0.25, -0.2) is 18.7 Å². The molecule has 7 N–H and O–H groups in total. The highest BCUT2D eigenvalue weighted by Crippen LogP contribution is 2.64. The Morgan fingerprint density at radius 1 is 0.934 bits per heavy atom. The summed E-state index contributed by atoms with van der Waals surface area (Å²) in [6.45, 7) is 5.26. The molecule has 20 nitrogen and oxygen atoms in total. The van der Waals surface area contributed by atoms with Gasteiger partial charge in [0.2, 0.25) is 6.79 Å². The van der Waals surface area contributed by atoms with Crippen LogP contribution in [0.25, 0.3) is 6.08 Å². The molecule has 0 aromatic heterocycles. The van der Waals surface area contributed by atoms with Gasteiger partial charge in [0, 0.05) is 59.3 Å².